The Kier molecular flexibility index (Phi) is 4.74. The van der Waals surface area contributed by atoms with Crippen molar-refractivity contribution >= 4 is 0 Å². The molecule has 1 fully saturated rings. The molecule has 0 aromatic carbocycles. The summed E-state index contributed by atoms with van der Waals surface area (Å²) in [6.45, 7) is 4.41. The Morgan fingerprint density at radius 1 is 1.15 bits per heavy atom. The van der Waals surface area contributed by atoms with Crippen molar-refractivity contribution in [1.29, 1.82) is 0 Å². The zero-order valence-corrected chi connectivity index (χ0v) is 9.18. The van der Waals surface area contributed by atoms with Crippen molar-refractivity contribution in [1.82, 2.24) is 5.32 Å². The van der Waals surface area contributed by atoms with Gasteiger partial charge in [-0.25, -0.2) is 0 Å². The van der Waals surface area contributed by atoms with Crippen LogP contribution in [-0.2, 0) is 4.74 Å². The molecular weight excluding hydrogens is 162 g/mol. The molecule has 2 nitrogen and oxygen atoms in total. The lowest BCUT2D eigenvalue weighted by atomic mass is 10.1. The maximum atomic E-state index is 5.52. The van der Waals surface area contributed by atoms with Crippen molar-refractivity contribution in [2.75, 3.05) is 7.11 Å². The van der Waals surface area contributed by atoms with Crippen molar-refractivity contribution < 1.29 is 4.74 Å². The third-order valence-corrected chi connectivity index (χ3v) is 2.80. The van der Waals surface area contributed by atoms with E-state index in [2.05, 4.69) is 19.2 Å². The lowest BCUT2D eigenvalue weighted by molar-refractivity contribution is 0.0604. The zero-order chi connectivity index (χ0) is 9.68. The van der Waals surface area contributed by atoms with Gasteiger partial charge in [-0.05, 0) is 12.8 Å². The predicted molar refractivity (Wildman–Crippen MR) is 55.9 cm³/mol. The highest BCUT2D eigenvalue weighted by Gasteiger charge is 2.23. The van der Waals surface area contributed by atoms with Gasteiger partial charge >= 0.3 is 0 Å². The SMILES string of the molecule is COC1CCCCCC1NC(C)C. The molecule has 0 heterocycles. The van der Waals surface area contributed by atoms with E-state index >= 15 is 0 Å². The van der Waals surface area contributed by atoms with Crippen molar-refractivity contribution in [3.8, 4) is 0 Å². The highest BCUT2D eigenvalue weighted by Crippen LogP contribution is 2.20. The molecule has 0 saturated heterocycles. The molecule has 1 aliphatic rings. The number of rotatable bonds is 3. The van der Waals surface area contributed by atoms with E-state index in [1.165, 1.54) is 32.1 Å². The fraction of sp³-hybridized carbons (Fsp3) is 1.00. The largest absolute Gasteiger partial charge is 0.380 e. The maximum Gasteiger partial charge on any atom is 0.0724 e. The summed E-state index contributed by atoms with van der Waals surface area (Å²) in [5, 5.41) is 3.60. The summed E-state index contributed by atoms with van der Waals surface area (Å²) in [5.41, 5.74) is 0. The van der Waals surface area contributed by atoms with Gasteiger partial charge in [0.2, 0.25) is 0 Å². The predicted octanol–water partition coefficient (Wildman–Crippen LogP) is 2.33. The number of hydrogen-bond acceptors (Lipinski definition) is 2. The van der Waals surface area contributed by atoms with Gasteiger partial charge in [0.05, 0.1) is 6.10 Å². The Morgan fingerprint density at radius 2 is 1.85 bits per heavy atom. The normalized spacial score (nSPS) is 30.5. The monoisotopic (exact) mass is 185 g/mol. The Bertz CT molecular complexity index is 136. The van der Waals surface area contributed by atoms with Gasteiger partial charge in [0, 0.05) is 19.2 Å². The van der Waals surface area contributed by atoms with Crippen molar-refractivity contribution in [2.24, 2.45) is 0 Å². The first-order valence-electron chi connectivity index (χ1n) is 5.53. The molecule has 1 N–H and O–H groups in total. The summed E-state index contributed by atoms with van der Waals surface area (Å²) >= 11 is 0. The molecule has 1 rings (SSSR count). The molecule has 2 heteroatoms. The highest BCUT2D eigenvalue weighted by molar-refractivity contribution is 4.81. The van der Waals surface area contributed by atoms with Gasteiger partial charge in [-0.1, -0.05) is 33.1 Å². The quantitative estimate of drug-likeness (QED) is 0.681. The fourth-order valence-corrected chi connectivity index (χ4v) is 2.17. The first-order chi connectivity index (χ1) is 6.24. The molecule has 0 amide bonds. The van der Waals surface area contributed by atoms with E-state index in [-0.39, 0.29) is 0 Å². The van der Waals surface area contributed by atoms with Crippen LogP contribution in [0.3, 0.4) is 0 Å². The van der Waals surface area contributed by atoms with E-state index in [0.29, 0.717) is 18.2 Å². The third kappa shape index (κ3) is 3.65. The van der Waals surface area contributed by atoms with Crippen LogP contribution < -0.4 is 5.32 Å². The Labute approximate surface area is 82.0 Å². The first-order valence-corrected chi connectivity index (χ1v) is 5.53. The first kappa shape index (κ1) is 11.0. The van der Waals surface area contributed by atoms with E-state index in [1.807, 2.05) is 7.11 Å². The van der Waals surface area contributed by atoms with Crippen molar-refractivity contribution in [2.45, 2.75) is 64.1 Å². The van der Waals surface area contributed by atoms with Gasteiger partial charge in [0.1, 0.15) is 0 Å². The standard InChI is InChI=1S/C11H23NO/c1-9(2)12-10-7-5-4-6-8-11(10)13-3/h9-12H,4-8H2,1-3H3. The smallest absolute Gasteiger partial charge is 0.0724 e. The van der Waals surface area contributed by atoms with Crippen LogP contribution in [0.5, 0.6) is 0 Å². The van der Waals surface area contributed by atoms with Crippen LogP contribution in [0.25, 0.3) is 0 Å². The van der Waals surface area contributed by atoms with Crippen LogP contribution in [0.1, 0.15) is 46.0 Å². The number of ether oxygens (including phenoxy) is 1. The summed E-state index contributed by atoms with van der Waals surface area (Å²) in [6.07, 6.45) is 6.98. The van der Waals surface area contributed by atoms with E-state index < -0.39 is 0 Å². The molecule has 0 spiro atoms. The minimum Gasteiger partial charge on any atom is -0.380 e. The summed E-state index contributed by atoms with van der Waals surface area (Å²) < 4.78 is 5.52. The maximum absolute atomic E-state index is 5.52. The molecule has 0 aromatic rings. The molecule has 1 aliphatic carbocycles. The minimum atomic E-state index is 0.435. The molecule has 13 heavy (non-hydrogen) atoms. The third-order valence-electron chi connectivity index (χ3n) is 2.80. The van der Waals surface area contributed by atoms with Gasteiger partial charge in [-0.15, -0.1) is 0 Å². The lowest BCUT2D eigenvalue weighted by Gasteiger charge is -2.26. The van der Waals surface area contributed by atoms with Crippen molar-refractivity contribution in [3.05, 3.63) is 0 Å². The molecule has 2 atom stereocenters. The molecule has 0 radical (unpaired) electrons. The average molecular weight is 185 g/mol. The summed E-state index contributed by atoms with van der Waals surface area (Å²) in [4.78, 5) is 0. The van der Waals surface area contributed by atoms with Crippen LogP contribution in [0.15, 0.2) is 0 Å². The van der Waals surface area contributed by atoms with Gasteiger partial charge in [0.25, 0.3) is 0 Å². The highest BCUT2D eigenvalue weighted by atomic mass is 16.5. The molecule has 1 saturated carbocycles. The second kappa shape index (κ2) is 5.61. The molecule has 2 unspecified atom stereocenters. The topological polar surface area (TPSA) is 21.3 Å². The minimum absolute atomic E-state index is 0.435. The number of hydrogen-bond donors (Lipinski definition) is 1. The molecule has 0 aliphatic heterocycles. The van der Waals surface area contributed by atoms with Crippen LogP contribution in [0.2, 0.25) is 0 Å². The zero-order valence-electron chi connectivity index (χ0n) is 9.18. The summed E-state index contributed by atoms with van der Waals surface area (Å²) in [6, 6.07) is 1.15. The van der Waals surface area contributed by atoms with Gasteiger partial charge in [0.15, 0.2) is 0 Å². The molecule has 78 valence electrons. The second-order valence-electron chi connectivity index (χ2n) is 4.34. The number of nitrogens with one attached hydrogen (secondary N) is 1. The van der Waals surface area contributed by atoms with Crippen molar-refractivity contribution in [3.63, 3.8) is 0 Å². The van der Waals surface area contributed by atoms with E-state index in [1.54, 1.807) is 0 Å². The Morgan fingerprint density at radius 3 is 2.46 bits per heavy atom. The average Bonchev–Trinajstić information content (AvgIpc) is 2.28. The van der Waals surface area contributed by atoms with Crippen LogP contribution in [-0.4, -0.2) is 25.3 Å². The molecule has 0 bridgehead atoms. The lowest BCUT2D eigenvalue weighted by Crippen LogP contribution is -2.43. The van der Waals surface area contributed by atoms with Crippen LogP contribution in [0, 0.1) is 0 Å². The Hall–Kier alpha value is -0.0800. The van der Waals surface area contributed by atoms with Crippen LogP contribution >= 0.6 is 0 Å². The molecule has 0 aromatic heterocycles. The summed E-state index contributed by atoms with van der Waals surface area (Å²) in [5.74, 6) is 0. The number of methoxy groups -OCH3 is 1. The van der Waals surface area contributed by atoms with E-state index in [0.717, 1.165) is 0 Å². The fourth-order valence-electron chi connectivity index (χ4n) is 2.17. The van der Waals surface area contributed by atoms with E-state index in [4.69, 9.17) is 4.74 Å². The molecular formula is C11H23NO. The Balaban J connectivity index is 2.44. The van der Waals surface area contributed by atoms with Gasteiger partial charge < -0.3 is 10.1 Å². The second-order valence-corrected chi connectivity index (χ2v) is 4.34. The van der Waals surface area contributed by atoms with Gasteiger partial charge in [-0.3, -0.25) is 0 Å². The van der Waals surface area contributed by atoms with Gasteiger partial charge in [-0.2, -0.15) is 0 Å². The summed E-state index contributed by atoms with van der Waals surface area (Å²) in [7, 11) is 1.84. The van der Waals surface area contributed by atoms with Crippen LogP contribution in [0.4, 0.5) is 0 Å². The van der Waals surface area contributed by atoms with E-state index in [9.17, 15) is 0 Å².